The van der Waals surface area contributed by atoms with Gasteiger partial charge in [0, 0.05) is 24.0 Å². The highest BCUT2D eigenvalue weighted by Gasteiger charge is 2.15. The molecule has 1 unspecified atom stereocenters. The first-order valence-electron chi connectivity index (χ1n) is 6.20. The third-order valence-electron chi connectivity index (χ3n) is 3.24. The highest BCUT2D eigenvalue weighted by atomic mass is 35.5. The van der Waals surface area contributed by atoms with E-state index in [2.05, 4.69) is 21.5 Å². The number of benzene rings is 1. The van der Waals surface area contributed by atoms with Crippen LogP contribution in [-0.2, 0) is 0 Å². The van der Waals surface area contributed by atoms with Crippen LogP contribution in [0.3, 0.4) is 0 Å². The molecule has 0 aliphatic carbocycles. The maximum absolute atomic E-state index is 6.20. The molecule has 3 rings (SSSR count). The average molecular weight is 285 g/mol. The second-order valence-corrected chi connectivity index (χ2v) is 4.86. The predicted molar refractivity (Wildman–Crippen MR) is 80.2 cm³/mol. The normalized spacial score (nSPS) is 12.5. The quantitative estimate of drug-likeness (QED) is 0.573. The van der Waals surface area contributed by atoms with E-state index in [9.17, 15) is 0 Å². The number of rotatable bonds is 3. The maximum Gasteiger partial charge on any atom is 0.0725 e. The zero-order chi connectivity index (χ0) is 13.9. The Morgan fingerprint density at radius 2 is 2.05 bits per heavy atom. The minimum Gasteiger partial charge on any atom is -0.271 e. The lowest BCUT2D eigenvalue weighted by molar-refractivity contribution is 0.637. The van der Waals surface area contributed by atoms with Gasteiger partial charge in [-0.1, -0.05) is 23.7 Å². The Kier molecular flexibility index (Phi) is 3.60. The van der Waals surface area contributed by atoms with Gasteiger partial charge >= 0.3 is 0 Å². The molecular formula is C15H13ClN4. The highest BCUT2D eigenvalue weighted by molar-refractivity contribution is 6.31. The van der Waals surface area contributed by atoms with Crippen molar-refractivity contribution in [3.8, 4) is 0 Å². The monoisotopic (exact) mass is 284 g/mol. The number of pyridine rings is 2. The standard InChI is InChI=1S/C15H13ClN4/c16-13-9-18-7-5-12(13)15(20-17)11-3-4-14-10(8-11)2-1-6-19-14/h1-9,15,20H,17H2. The van der Waals surface area contributed by atoms with E-state index >= 15 is 0 Å². The lowest BCUT2D eigenvalue weighted by atomic mass is 9.98. The summed E-state index contributed by atoms with van der Waals surface area (Å²) in [5.41, 5.74) is 5.68. The van der Waals surface area contributed by atoms with Gasteiger partial charge < -0.3 is 0 Å². The Morgan fingerprint density at radius 3 is 2.85 bits per heavy atom. The van der Waals surface area contributed by atoms with Crippen molar-refractivity contribution < 1.29 is 0 Å². The van der Waals surface area contributed by atoms with Crippen LogP contribution in [0.4, 0.5) is 0 Å². The van der Waals surface area contributed by atoms with Gasteiger partial charge in [0.15, 0.2) is 0 Å². The van der Waals surface area contributed by atoms with Crippen LogP contribution in [0.5, 0.6) is 0 Å². The van der Waals surface area contributed by atoms with Crippen molar-refractivity contribution >= 4 is 22.5 Å². The van der Waals surface area contributed by atoms with Crippen molar-refractivity contribution in [1.29, 1.82) is 0 Å². The first kappa shape index (κ1) is 13.0. The van der Waals surface area contributed by atoms with Gasteiger partial charge in [0.25, 0.3) is 0 Å². The smallest absolute Gasteiger partial charge is 0.0725 e. The van der Waals surface area contributed by atoms with Gasteiger partial charge in [-0.05, 0) is 35.4 Å². The number of halogens is 1. The Bertz CT molecular complexity index is 745. The van der Waals surface area contributed by atoms with Crippen LogP contribution in [0.25, 0.3) is 10.9 Å². The second-order valence-electron chi connectivity index (χ2n) is 4.45. The van der Waals surface area contributed by atoms with E-state index in [-0.39, 0.29) is 6.04 Å². The Balaban J connectivity index is 2.10. The summed E-state index contributed by atoms with van der Waals surface area (Å²) in [6.45, 7) is 0. The molecule has 0 saturated heterocycles. The summed E-state index contributed by atoms with van der Waals surface area (Å²) >= 11 is 6.20. The molecule has 3 aromatic rings. The molecule has 0 bridgehead atoms. The fourth-order valence-electron chi connectivity index (χ4n) is 2.26. The third-order valence-corrected chi connectivity index (χ3v) is 3.56. The van der Waals surface area contributed by atoms with Crippen molar-refractivity contribution in [3.63, 3.8) is 0 Å². The second kappa shape index (κ2) is 5.54. The summed E-state index contributed by atoms with van der Waals surface area (Å²) < 4.78 is 0. The van der Waals surface area contributed by atoms with E-state index in [1.54, 1.807) is 18.6 Å². The van der Waals surface area contributed by atoms with Gasteiger partial charge in [0.1, 0.15) is 0 Å². The maximum atomic E-state index is 6.20. The molecule has 0 saturated carbocycles. The molecule has 100 valence electrons. The Hall–Kier alpha value is -2.01. The first-order valence-corrected chi connectivity index (χ1v) is 6.57. The molecule has 5 heteroatoms. The van der Waals surface area contributed by atoms with Crippen molar-refractivity contribution in [2.75, 3.05) is 0 Å². The van der Waals surface area contributed by atoms with Crippen LogP contribution in [0.2, 0.25) is 5.02 Å². The summed E-state index contributed by atoms with van der Waals surface area (Å²) in [5.74, 6) is 5.71. The summed E-state index contributed by atoms with van der Waals surface area (Å²) in [5, 5.41) is 1.65. The van der Waals surface area contributed by atoms with Gasteiger partial charge in [-0.25, -0.2) is 5.43 Å². The molecule has 2 heterocycles. The number of aromatic nitrogens is 2. The topological polar surface area (TPSA) is 63.8 Å². The third kappa shape index (κ3) is 2.36. The summed E-state index contributed by atoms with van der Waals surface area (Å²) in [4.78, 5) is 8.30. The van der Waals surface area contributed by atoms with Crippen LogP contribution in [0.1, 0.15) is 17.2 Å². The van der Waals surface area contributed by atoms with Crippen molar-refractivity contribution in [2.45, 2.75) is 6.04 Å². The lowest BCUT2D eigenvalue weighted by Crippen LogP contribution is -2.29. The molecular weight excluding hydrogens is 272 g/mol. The van der Waals surface area contributed by atoms with Gasteiger partial charge in [-0.3, -0.25) is 15.8 Å². The van der Waals surface area contributed by atoms with Gasteiger partial charge in [0.05, 0.1) is 16.6 Å². The highest BCUT2D eigenvalue weighted by Crippen LogP contribution is 2.28. The molecule has 0 spiro atoms. The fourth-order valence-corrected chi connectivity index (χ4v) is 2.49. The molecule has 4 nitrogen and oxygen atoms in total. The van der Waals surface area contributed by atoms with E-state index < -0.39 is 0 Å². The number of hydrazine groups is 1. The molecule has 1 atom stereocenters. The van der Waals surface area contributed by atoms with Crippen LogP contribution >= 0.6 is 11.6 Å². The Labute approximate surface area is 121 Å². The number of nitrogens with one attached hydrogen (secondary N) is 1. The van der Waals surface area contributed by atoms with Crippen molar-refractivity contribution in [2.24, 2.45) is 5.84 Å². The predicted octanol–water partition coefficient (Wildman–Crippen LogP) is 2.84. The van der Waals surface area contributed by atoms with Crippen LogP contribution in [0, 0.1) is 0 Å². The minimum atomic E-state index is -0.185. The largest absolute Gasteiger partial charge is 0.271 e. The van der Waals surface area contributed by atoms with Crippen LogP contribution < -0.4 is 11.3 Å². The number of nitrogens with two attached hydrogens (primary N) is 1. The SMILES string of the molecule is NNC(c1ccc2ncccc2c1)c1ccncc1Cl. The number of hydrogen-bond acceptors (Lipinski definition) is 4. The average Bonchev–Trinajstić information content (AvgIpc) is 2.50. The Morgan fingerprint density at radius 1 is 1.15 bits per heavy atom. The van der Waals surface area contributed by atoms with Gasteiger partial charge in [0.2, 0.25) is 0 Å². The fraction of sp³-hybridized carbons (Fsp3) is 0.0667. The molecule has 0 amide bonds. The van der Waals surface area contributed by atoms with E-state index in [0.717, 1.165) is 22.0 Å². The van der Waals surface area contributed by atoms with Gasteiger partial charge in [-0.2, -0.15) is 0 Å². The van der Waals surface area contributed by atoms with E-state index in [4.69, 9.17) is 17.4 Å². The summed E-state index contributed by atoms with van der Waals surface area (Å²) in [6.07, 6.45) is 5.10. The van der Waals surface area contributed by atoms with Crippen molar-refractivity contribution in [1.82, 2.24) is 15.4 Å². The molecule has 0 radical (unpaired) electrons. The van der Waals surface area contributed by atoms with E-state index in [1.807, 2.05) is 30.3 Å². The summed E-state index contributed by atoms with van der Waals surface area (Å²) in [6, 6.07) is 11.6. The number of nitrogens with zero attached hydrogens (tertiary/aromatic N) is 2. The molecule has 0 aliphatic heterocycles. The number of fused-ring (bicyclic) bond motifs is 1. The molecule has 3 N–H and O–H groups in total. The van der Waals surface area contributed by atoms with Crippen LogP contribution in [-0.4, -0.2) is 9.97 Å². The molecule has 0 aliphatic rings. The molecule has 2 aromatic heterocycles. The van der Waals surface area contributed by atoms with Crippen molar-refractivity contribution in [3.05, 3.63) is 71.1 Å². The first-order chi connectivity index (χ1) is 9.79. The zero-order valence-electron chi connectivity index (χ0n) is 10.6. The minimum absolute atomic E-state index is 0.185. The van der Waals surface area contributed by atoms with Crippen LogP contribution in [0.15, 0.2) is 55.0 Å². The van der Waals surface area contributed by atoms with Gasteiger partial charge in [-0.15, -0.1) is 0 Å². The molecule has 1 aromatic carbocycles. The zero-order valence-corrected chi connectivity index (χ0v) is 11.4. The lowest BCUT2D eigenvalue weighted by Gasteiger charge is -2.18. The summed E-state index contributed by atoms with van der Waals surface area (Å²) in [7, 11) is 0. The molecule has 20 heavy (non-hydrogen) atoms. The van der Waals surface area contributed by atoms with E-state index in [1.165, 1.54) is 0 Å². The van der Waals surface area contributed by atoms with E-state index in [0.29, 0.717) is 5.02 Å². The molecule has 0 fully saturated rings. The number of hydrogen-bond donors (Lipinski definition) is 2.